The molecule has 0 aliphatic heterocycles. The summed E-state index contributed by atoms with van der Waals surface area (Å²) in [5.41, 5.74) is 1.04. The largest absolute Gasteiger partial charge is 0.376 e. The molecule has 0 fully saturated rings. The van der Waals surface area contributed by atoms with E-state index in [0.717, 1.165) is 9.80 Å². The number of thioether (sulfide) groups is 2. The molecule has 0 saturated heterocycles. The Labute approximate surface area is 117 Å². The van der Waals surface area contributed by atoms with Crippen molar-refractivity contribution in [2.24, 2.45) is 0 Å². The SMILES string of the molecule is COC(CC(=O)C=C(SC)SC)c1ccccc1. The van der Waals surface area contributed by atoms with Crippen molar-refractivity contribution in [1.82, 2.24) is 0 Å². The van der Waals surface area contributed by atoms with Crippen molar-refractivity contribution in [1.29, 1.82) is 0 Å². The van der Waals surface area contributed by atoms with E-state index >= 15 is 0 Å². The molecule has 0 saturated carbocycles. The van der Waals surface area contributed by atoms with Gasteiger partial charge in [0.1, 0.15) is 0 Å². The topological polar surface area (TPSA) is 26.3 Å². The van der Waals surface area contributed by atoms with E-state index in [-0.39, 0.29) is 11.9 Å². The molecule has 1 atom stereocenters. The van der Waals surface area contributed by atoms with E-state index in [0.29, 0.717) is 6.42 Å². The number of rotatable bonds is 7. The van der Waals surface area contributed by atoms with Crippen molar-refractivity contribution in [3.8, 4) is 0 Å². The van der Waals surface area contributed by atoms with Gasteiger partial charge in [-0.15, -0.1) is 23.5 Å². The summed E-state index contributed by atoms with van der Waals surface area (Å²) in [6.07, 6.45) is 5.86. The quantitative estimate of drug-likeness (QED) is 0.709. The molecule has 18 heavy (non-hydrogen) atoms. The number of hydrogen-bond donors (Lipinski definition) is 0. The second-order valence-electron chi connectivity index (χ2n) is 3.68. The Morgan fingerprint density at radius 3 is 2.39 bits per heavy atom. The summed E-state index contributed by atoms with van der Waals surface area (Å²) >= 11 is 3.18. The van der Waals surface area contributed by atoms with Crippen LogP contribution in [0.3, 0.4) is 0 Å². The molecule has 0 radical (unpaired) electrons. The van der Waals surface area contributed by atoms with Crippen LogP contribution < -0.4 is 0 Å². The monoisotopic (exact) mass is 282 g/mol. The Morgan fingerprint density at radius 2 is 1.89 bits per heavy atom. The van der Waals surface area contributed by atoms with Crippen LogP contribution in [-0.2, 0) is 9.53 Å². The summed E-state index contributed by atoms with van der Waals surface area (Å²) < 4.78 is 6.42. The van der Waals surface area contributed by atoms with Gasteiger partial charge < -0.3 is 4.74 Å². The van der Waals surface area contributed by atoms with E-state index < -0.39 is 0 Å². The lowest BCUT2D eigenvalue weighted by atomic mass is 10.0. The van der Waals surface area contributed by atoms with Crippen LogP contribution in [0.15, 0.2) is 40.6 Å². The van der Waals surface area contributed by atoms with Gasteiger partial charge in [-0.1, -0.05) is 30.3 Å². The fraction of sp³-hybridized carbons (Fsp3) is 0.357. The van der Waals surface area contributed by atoms with Gasteiger partial charge in [-0.3, -0.25) is 4.79 Å². The third kappa shape index (κ3) is 4.88. The molecule has 0 amide bonds. The first-order chi connectivity index (χ1) is 8.71. The average molecular weight is 282 g/mol. The minimum atomic E-state index is -0.167. The van der Waals surface area contributed by atoms with Crippen molar-refractivity contribution >= 4 is 29.3 Å². The molecule has 0 bridgehead atoms. The lowest BCUT2D eigenvalue weighted by molar-refractivity contribution is -0.117. The van der Waals surface area contributed by atoms with Crippen molar-refractivity contribution < 1.29 is 9.53 Å². The Balaban J connectivity index is 2.70. The summed E-state index contributed by atoms with van der Waals surface area (Å²) in [7, 11) is 1.64. The van der Waals surface area contributed by atoms with Crippen molar-refractivity contribution in [2.75, 3.05) is 19.6 Å². The zero-order valence-corrected chi connectivity index (χ0v) is 12.5. The highest BCUT2D eigenvalue weighted by Gasteiger charge is 2.14. The summed E-state index contributed by atoms with van der Waals surface area (Å²) in [6, 6.07) is 9.83. The highest BCUT2D eigenvalue weighted by molar-refractivity contribution is 8.21. The Bertz CT molecular complexity index is 396. The van der Waals surface area contributed by atoms with Crippen LogP contribution in [0, 0.1) is 0 Å². The highest BCUT2D eigenvalue weighted by Crippen LogP contribution is 2.25. The second kappa shape index (κ2) is 8.40. The Kier molecular flexibility index (Phi) is 7.16. The van der Waals surface area contributed by atoms with Gasteiger partial charge in [0.15, 0.2) is 5.78 Å². The van der Waals surface area contributed by atoms with Gasteiger partial charge in [-0.25, -0.2) is 0 Å². The van der Waals surface area contributed by atoms with E-state index in [1.165, 1.54) is 0 Å². The van der Waals surface area contributed by atoms with Crippen LogP contribution in [0.25, 0.3) is 0 Å². The molecule has 1 unspecified atom stereocenters. The van der Waals surface area contributed by atoms with Gasteiger partial charge in [-0.05, 0) is 18.1 Å². The van der Waals surface area contributed by atoms with E-state index in [1.807, 2.05) is 42.8 Å². The maximum absolute atomic E-state index is 11.9. The smallest absolute Gasteiger partial charge is 0.160 e. The first-order valence-electron chi connectivity index (χ1n) is 5.61. The second-order valence-corrected chi connectivity index (χ2v) is 5.63. The predicted octanol–water partition coefficient (Wildman–Crippen LogP) is 3.90. The zero-order valence-electron chi connectivity index (χ0n) is 10.9. The molecule has 98 valence electrons. The van der Waals surface area contributed by atoms with Gasteiger partial charge in [-0.2, -0.15) is 0 Å². The zero-order chi connectivity index (χ0) is 13.4. The lowest BCUT2D eigenvalue weighted by Crippen LogP contribution is -2.07. The van der Waals surface area contributed by atoms with Gasteiger partial charge in [0.05, 0.1) is 6.10 Å². The Morgan fingerprint density at radius 1 is 1.28 bits per heavy atom. The fourth-order valence-corrected chi connectivity index (χ4v) is 2.74. The molecule has 2 nitrogen and oxygen atoms in total. The minimum Gasteiger partial charge on any atom is -0.376 e. The van der Waals surface area contributed by atoms with Crippen molar-refractivity contribution in [2.45, 2.75) is 12.5 Å². The normalized spacial score (nSPS) is 11.9. The first kappa shape index (κ1) is 15.3. The summed E-state index contributed by atoms with van der Waals surface area (Å²) in [5, 5.41) is 0. The molecule has 0 heterocycles. The molecule has 4 heteroatoms. The minimum absolute atomic E-state index is 0.101. The summed E-state index contributed by atoms with van der Waals surface area (Å²) in [6.45, 7) is 0. The summed E-state index contributed by atoms with van der Waals surface area (Å²) in [5.74, 6) is 0.101. The number of methoxy groups -OCH3 is 1. The molecule has 1 aromatic carbocycles. The first-order valence-corrected chi connectivity index (χ1v) is 8.06. The lowest BCUT2D eigenvalue weighted by Gasteiger charge is -2.14. The molecule has 0 spiro atoms. The van der Waals surface area contributed by atoms with E-state index in [9.17, 15) is 4.79 Å². The third-order valence-corrected chi connectivity index (χ3v) is 4.56. The number of carbonyl (C=O) groups excluding carboxylic acids is 1. The number of benzene rings is 1. The highest BCUT2D eigenvalue weighted by atomic mass is 32.2. The average Bonchev–Trinajstić information content (AvgIpc) is 2.43. The number of ether oxygens (including phenoxy) is 1. The molecule has 1 rings (SSSR count). The van der Waals surface area contributed by atoms with Crippen molar-refractivity contribution in [3.05, 3.63) is 46.2 Å². The molecule has 0 aliphatic rings. The Hall–Kier alpha value is -0.710. The van der Waals surface area contributed by atoms with E-state index in [4.69, 9.17) is 4.74 Å². The predicted molar refractivity (Wildman–Crippen MR) is 80.9 cm³/mol. The maximum atomic E-state index is 11.9. The van der Waals surface area contributed by atoms with Crippen LogP contribution >= 0.6 is 23.5 Å². The third-order valence-electron chi connectivity index (χ3n) is 2.52. The fourth-order valence-electron chi connectivity index (χ4n) is 1.58. The molecule has 0 aliphatic carbocycles. The van der Waals surface area contributed by atoms with Crippen LogP contribution in [-0.4, -0.2) is 25.4 Å². The summed E-state index contributed by atoms with van der Waals surface area (Å²) in [4.78, 5) is 11.9. The molecular formula is C14H18O2S2. The van der Waals surface area contributed by atoms with Crippen LogP contribution in [0.2, 0.25) is 0 Å². The number of allylic oxidation sites excluding steroid dienone is 1. The van der Waals surface area contributed by atoms with Crippen LogP contribution in [0.4, 0.5) is 0 Å². The van der Waals surface area contributed by atoms with Gasteiger partial charge in [0.2, 0.25) is 0 Å². The van der Waals surface area contributed by atoms with Gasteiger partial charge >= 0.3 is 0 Å². The van der Waals surface area contributed by atoms with Crippen LogP contribution in [0.5, 0.6) is 0 Å². The van der Waals surface area contributed by atoms with Crippen LogP contribution in [0.1, 0.15) is 18.1 Å². The molecular weight excluding hydrogens is 264 g/mol. The van der Waals surface area contributed by atoms with Gasteiger partial charge in [0.25, 0.3) is 0 Å². The number of hydrogen-bond acceptors (Lipinski definition) is 4. The molecule has 0 N–H and O–H groups in total. The van der Waals surface area contributed by atoms with Crippen molar-refractivity contribution in [3.63, 3.8) is 0 Å². The standard InChI is InChI=1S/C14H18O2S2/c1-16-13(11-7-5-4-6-8-11)9-12(15)10-14(17-2)18-3/h4-8,10,13H,9H2,1-3H3. The van der Waals surface area contributed by atoms with Gasteiger partial charge in [0, 0.05) is 23.8 Å². The van der Waals surface area contributed by atoms with E-state index in [1.54, 1.807) is 36.7 Å². The number of carbonyl (C=O) groups is 1. The number of ketones is 1. The van der Waals surface area contributed by atoms with E-state index in [2.05, 4.69) is 0 Å². The molecule has 1 aromatic rings. The maximum Gasteiger partial charge on any atom is 0.160 e. The molecule has 0 aromatic heterocycles.